The van der Waals surface area contributed by atoms with Gasteiger partial charge in [-0.2, -0.15) is 0 Å². The first-order valence-electron chi connectivity index (χ1n) is 11.3. The highest BCUT2D eigenvalue weighted by Gasteiger charge is 2.29. The van der Waals surface area contributed by atoms with Crippen molar-refractivity contribution in [2.75, 3.05) is 13.7 Å². The Bertz CT molecular complexity index is 1080. The number of amides is 2. The number of thiazole rings is 1. The summed E-state index contributed by atoms with van der Waals surface area (Å²) in [5, 5.41) is 5.76. The zero-order valence-electron chi connectivity index (χ0n) is 18.8. The largest absolute Gasteiger partial charge is 0.496 e. The number of nitrogens with one attached hydrogen (secondary N) is 1. The molecule has 1 aliphatic rings. The van der Waals surface area contributed by atoms with Crippen LogP contribution in [0, 0.1) is 0 Å². The average molecular weight is 464 g/mol. The van der Waals surface area contributed by atoms with Gasteiger partial charge < -0.3 is 15.0 Å². The molecule has 0 spiro atoms. The fourth-order valence-electron chi connectivity index (χ4n) is 4.27. The van der Waals surface area contributed by atoms with E-state index in [2.05, 4.69) is 22.4 Å². The van der Waals surface area contributed by atoms with E-state index < -0.39 is 0 Å². The third-order valence-corrected chi connectivity index (χ3v) is 6.82. The lowest BCUT2D eigenvalue weighted by Gasteiger charge is -2.25. The number of ether oxygens (including phenoxy) is 1. The number of benzene rings is 2. The van der Waals surface area contributed by atoms with Gasteiger partial charge in [0.1, 0.15) is 10.8 Å². The van der Waals surface area contributed by atoms with E-state index in [1.54, 1.807) is 7.11 Å². The second-order valence-corrected chi connectivity index (χ2v) is 9.10. The fraction of sp³-hybridized carbons (Fsp3) is 0.346. The summed E-state index contributed by atoms with van der Waals surface area (Å²) in [5.41, 5.74) is 3.19. The molecule has 1 unspecified atom stereocenters. The molecule has 0 bridgehead atoms. The molecule has 1 fully saturated rings. The molecule has 2 aromatic carbocycles. The third-order valence-electron chi connectivity index (χ3n) is 5.92. The van der Waals surface area contributed by atoms with Gasteiger partial charge in [0.05, 0.1) is 25.4 Å². The van der Waals surface area contributed by atoms with Crippen molar-refractivity contribution in [2.24, 2.45) is 0 Å². The summed E-state index contributed by atoms with van der Waals surface area (Å²) in [6.07, 6.45) is 3.08. The van der Waals surface area contributed by atoms with E-state index in [4.69, 9.17) is 4.74 Å². The van der Waals surface area contributed by atoms with E-state index in [9.17, 15) is 9.59 Å². The Morgan fingerprint density at radius 1 is 1.12 bits per heavy atom. The Morgan fingerprint density at radius 2 is 1.91 bits per heavy atom. The van der Waals surface area contributed by atoms with Crippen LogP contribution in [-0.4, -0.2) is 35.4 Å². The molecule has 3 aromatic rings. The molecule has 2 amide bonds. The highest BCUT2D eigenvalue weighted by molar-refractivity contribution is 7.09. The van der Waals surface area contributed by atoms with Crippen molar-refractivity contribution >= 4 is 23.2 Å². The molecule has 4 rings (SSSR count). The Labute approximate surface area is 198 Å². The highest BCUT2D eigenvalue weighted by Crippen LogP contribution is 2.32. The van der Waals surface area contributed by atoms with Crippen LogP contribution in [0.3, 0.4) is 0 Å². The van der Waals surface area contributed by atoms with Crippen LogP contribution in [0.4, 0.5) is 0 Å². The van der Waals surface area contributed by atoms with E-state index in [0.717, 1.165) is 41.4 Å². The number of rotatable bonds is 9. The SMILES string of the molecule is COc1ccccc1Cc1csc(CNC(=O)CCC(=O)N2CCCC2c2ccccc2)n1. The molecular formula is C26H29N3O3S. The van der Waals surface area contributed by atoms with Crippen LogP contribution in [0.5, 0.6) is 5.75 Å². The second-order valence-electron chi connectivity index (χ2n) is 8.15. The van der Waals surface area contributed by atoms with Crippen molar-refractivity contribution in [1.82, 2.24) is 15.2 Å². The second kappa shape index (κ2) is 11.1. The van der Waals surface area contributed by atoms with E-state index in [-0.39, 0.29) is 30.7 Å². The van der Waals surface area contributed by atoms with E-state index in [0.29, 0.717) is 13.0 Å². The van der Waals surface area contributed by atoms with E-state index in [1.165, 1.54) is 16.9 Å². The first kappa shape index (κ1) is 23.0. The maximum atomic E-state index is 12.8. The van der Waals surface area contributed by atoms with Crippen LogP contribution in [0.25, 0.3) is 0 Å². The molecule has 7 heteroatoms. The minimum atomic E-state index is -0.125. The van der Waals surface area contributed by atoms with Crippen LogP contribution in [-0.2, 0) is 22.6 Å². The van der Waals surface area contributed by atoms with E-state index in [1.807, 2.05) is 52.7 Å². The zero-order valence-corrected chi connectivity index (χ0v) is 19.6. The zero-order chi connectivity index (χ0) is 23.0. The Kier molecular flexibility index (Phi) is 7.73. The van der Waals surface area contributed by atoms with Gasteiger partial charge in [0.25, 0.3) is 0 Å². The Morgan fingerprint density at radius 3 is 2.73 bits per heavy atom. The minimum absolute atomic E-state index is 0.0462. The normalized spacial score (nSPS) is 15.4. The van der Waals surface area contributed by atoms with Crippen molar-refractivity contribution in [3.05, 3.63) is 81.8 Å². The van der Waals surface area contributed by atoms with Crippen LogP contribution in [0.15, 0.2) is 60.0 Å². The summed E-state index contributed by atoms with van der Waals surface area (Å²) in [6.45, 7) is 1.13. The highest BCUT2D eigenvalue weighted by atomic mass is 32.1. The molecule has 6 nitrogen and oxygen atoms in total. The fourth-order valence-corrected chi connectivity index (χ4v) is 5.00. The summed E-state index contributed by atoms with van der Waals surface area (Å²) in [5.74, 6) is 0.766. The number of carbonyl (C=O) groups is 2. The summed E-state index contributed by atoms with van der Waals surface area (Å²) < 4.78 is 5.41. The van der Waals surface area contributed by atoms with Gasteiger partial charge in [-0.25, -0.2) is 4.98 Å². The number of para-hydroxylation sites is 1. The molecule has 1 atom stereocenters. The van der Waals surface area contributed by atoms with Crippen LogP contribution >= 0.6 is 11.3 Å². The Hall–Kier alpha value is -3.19. The van der Waals surface area contributed by atoms with Gasteiger partial charge in [0.2, 0.25) is 11.8 Å². The molecule has 172 valence electrons. The maximum absolute atomic E-state index is 12.8. The monoisotopic (exact) mass is 463 g/mol. The number of carbonyl (C=O) groups excluding carboxylic acids is 2. The third kappa shape index (κ3) is 5.99. The molecule has 33 heavy (non-hydrogen) atoms. The first-order chi connectivity index (χ1) is 16.1. The van der Waals surface area contributed by atoms with Crippen LogP contribution < -0.4 is 10.1 Å². The predicted molar refractivity (Wildman–Crippen MR) is 129 cm³/mol. The lowest BCUT2D eigenvalue weighted by molar-refractivity contribution is -0.134. The molecular weight excluding hydrogens is 434 g/mol. The van der Waals surface area contributed by atoms with Gasteiger partial charge in [-0.15, -0.1) is 11.3 Å². The average Bonchev–Trinajstić information content (AvgIpc) is 3.52. The van der Waals surface area contributed by atoms with Crippen molar-refractivity contribution in [3.63, 3.8) is 0 Å². The molecule has 2 heterocycles. The lowest BCUT2D eigenvalue weighted by atomic mass is 10.0. The number of hydrogen-bond acceptors (Lipinski definition) is 5. The van der Waals surface area contributed by atoms with Crippen molar-refractivity contribution < 1.29 is 14.3 Å². The molecule has 1 saturated heterocycles. The standard InChI is InChI=1S/C26H29N3O3S/c1-32-23-12-6-5-10-20(23)16-21-18-33-25(28-21)17-27-24(30)13-14-26(31)29-15-7-11-22(29)19-8-3-2-4-9-19/h2-6,8-10,12,18,22H,7,11,13-17H2,1H3,(H,27,30). The number of nitrogens with zero attached hydrogens (tertiary/aromatic N) is 2. The summed E-state index contributed by atoms with van der Waals surface area (Å²) >= 11 is 1.53. The number of methoxy groups -OCH3 is 1. The Balaban J connectivity index is 1.23. The van der Waals surface area contributed by atoms with Gasteiger partial charge in [0, 0.05) is 36.8 Å². The van der Waals surface area contributed by atoms with Crippen LogP contribution in [0.2, 0.25) is 0 Å². The van der Waals surface area contributed by atoms with Gasteiger partial charge >= 0.3 is 0 Å². The number of aromatic nitrogens is 1. The minimum Gasteiger partial charge on any atom is -0.496 e. The topological polar surface area (TPSA) is 71.5 Å². The quantitative estimate of drug-likeness (QED) is 0.507. The molecule has 0 radical (unpaired) electrons. The first-order valence-corrected chi connectivity index (χ1v) is 12.2. The molecule has 0 aliphatic carbocycles. The van der Waals surface area contributed by atoms with Crippen molar-refractivity contribution in [1.29, 1.82) is 0 Å². The molecule has 1 aromatic heterocycles. The number of likely N-dealkylation sites (tertiary alicyclic amines) is 1. The number of hydrogen-bond donors (Lipinski definition) is 1. The molecule has 1 aliphatic heterocycles. The van der Waals surface area contributed by atoms with Gasteiger partial charge in [0.15, 0.2) is 0 Å². The summed E-state index contributed by atoms with van der Waals surface area (Å²) in [6, 6.07) is 18.1. The van der Waals surface area contributed by atoms with Crippen LogP contribution in [0.1, 0.15) is 53.6 Å². The van der Waals surface area contributed by atoms with Crippen molar-refractivity contribution in [2.45, 2.75) is 44.7 Å². The smallest absolute Gasteiger partial charge is 0.223 e. The van der Waals surface area contributed by atoms with Gasteiger partial charge in [-0.3, -0.25) is 9.59 Å². The molecule has 0 saturated carbocycles. The van der Waals surface area contributed by atoms with Gasteiger partial charge in [-0.1, -0.05) is 48.5 Å². The molecule has 1 N–H and O–H groups in total. The van der Waals surface area contributed by atoms with Crippen molar-refractivity contribution in [3.8, 4) is 5.75 Å². The maximum Gasteiger partial charge on any atom is 0.223 e. The van der Waals surface area contributed by atoms with E-state index >= 15 is 0 Å². The predicted octanol–water partition coefficient (Wildman–Crippen LogP) is 4.50. The summed E-state index contributed by atoms with van der Waals surface area (Å²) in [7, 11) is 1.66. The summed E-state index contributed by atoms with van der Waals surface area (Å²) in [4.78, 5) is 31.7. The lowest BCUT2D eigenvalue weighted by Crippen LogP contribution is -2.32. The van der Waals surface area contributed by atoms with Gasteiger partial charge in [-0.05, 0) is 24.5 Å².